The quantitative estimate of drug-likeness (QED) is 0.766. The average Bonchev–Trinajstić information content (AvgIpc) is 2.79. The average molecular weight is 445 g/mol. The van der Waals surface area contributed by atoms with Crippen molar-refractivity contribution < 1.29 is 27.5 Å². The van der Waals surface area contributed by atoms with Crippen molar-refractivity contribution in [2.45, 2.75) is 17.9 Å². The van der Waals surface area contributed by atoms with Crippen molar-refractivity contribution in [3.63, 3.8) is 0 Å². The number of carbonyl (C=O) groups is 2. The minimum Gasteiger partial charge on any atom is -0.497 e. The van der Waals surface area contributed by atoms with Gasteiger partial charge in [-0.15, -0.1) is 0 Å². The SMILES string of the molecule is COc1cccc(C(=O)N2CCN(S(=O)(=O)c3ccc4c(c3)NC(=O)[C@H](C)O4)CC2)c1. The van der Waals surface area contributed by atoms with Crippen LogP contribution in [0.4, 0.5) is 5.69 Å². The molecule has 2 aromatic rings. The standard InChI is InChI=1S/C21H23N3O6S/c1-14-20(25)22-18-13-17(6-7-19(18)30-14)31(27,28)24-10-8-23(9-11-24)21(26)15-4-3-5-16(12-15)29-2/h3-7,12-14H,8-11H2,1-2H3,(H,22,25)/t14-/m0/s1. The Kier molecular flexibility index (Phi) is 5.59. The molecule has 0 aliphatic carbocycles. The van der Waals surface area contributed by atoms with E-state index in [1.807, 2.05) is 0 Å². The Hall–Kier alpha value is -3.11. The van der Waals surface area contributed by atoms with Gasteiger partial charge in [0.1, 0.15) is 11.5 Å². The highest BCUT2D eigenvalue weighted by Crippen LogP contribution is 2.33. The predicted molar refractivity (Wildman–Crippen MR) is 113 cm³/mol. The molecule has 1 atom stereocenters. The van der Waals surface area contributed by atoms with E-state index >= 15 is 0 Å². The number of sulfonamides is 1. The van der Waals surface area contributed by atoms with E-state index in [-0.39, 0.29) is 42.9 Å². The molecule has 2 aliphatic heterocycles. The van der Waals surface area contributed by atoms with Crippen LogP contribution in [0, 0.1) is 0 Å². The Bertz CT molecular complexity index is 1130. The Morgan fingerprint density at radius 1 is 1.13 bits per heavy atom. The molecule has 2 heterocycles. The number of anilines is 1. The van der Waals surface area contributed by atoms with Crippen LogP contribution in [0.3, 0.4) is 0 Å². The van der Waals surface area contributed by atoms with Crippen molar-refractivity contribution in [3.05, 3.63) is 48.0 Å². The van der Waals surface area contributed by atoms with Crippen LogP contribution in [-0.4, -0.2) is 68.8 Å². The van der Waals surface area contributed by atoms with Crippen LogP contribution in [0.5, 0.6) is 11.5 Å². The monoisotopic (exact) mass is 445 g/mol. The maximum absolute atomic E-state index is 13.1. The van der Waals surface area contributed by atoms with Crippen LogP contribution < -0.4 is 14.8 Å². The van der Waals surface area contributed by atoms with Crippen molar-refractivity contribution in [1.82, 2.24) is 9.21 Å². The number of carbonyl (C=O) groups excluding carboxylic acids is 2. The highest BCUT2D eigenvalue weighted by atomic mass is 32.2. The normalized spacial score (nSPS) is 19.2. The van der Waals surface area contributed by atoms with Gasteiger partial charge in [-0.3, -0.25) is 9.59 Å². The summed E-state index contributed by atoms with van der Waals surface area (Å²) in [6, 6.07) is 11.3. The number of rotatable bonds is 4. The van der Waals surface area contributed by atoms with Crippen molar-refractivity contribution in [1.29, 1.82) is 0 Å². The summed E-state index contributed by atoms with van der Waals surface area (Å²) < 4.78 is 38.2. The molecule has 1 fully saturated rings. The second-order valence-electron chi connectivity index (χ2n) is 7.34. The van der Waals surface area contributed by atoms with Crippen LogP contribution in [0.1, 0.15) is 17.3 Å². The number of benzene rings is 2. The summed E-state index contributed by atoms with van der Waals surface area (Å²) in [4.78, 5) is 26.3. The smallest absolute Gasteiger partial charge is 0.265 e. The summed E-state index contributed by atoms with van der Waals surface area (Å²) in [5.41, 5.74) is 0.825. The zero-order valence-electron chi connectivity index (χ0n) is 17.2. The minimum absolute atomic E-state index is 0.0669. The molecule has 2 amide bonds. The summed E-state index contributed by atoms with van der Waals surface area (Å²) in [6.07, 6.45) is -0.634. The number of methoxy groups -OCH3 is 1. The first-order chi connectivity index (χ1) is 14.8. The number of ether oxygens (including phenoxy) is 2. The van der Waals surface area contributed by atoms with E-state index in [0.29, 0.717) is 22.7 Å². The van der Waals surface area contributed by atoms with E-state index in [0.717, 1.165) is 0 Å². The molecule has 0 unspecified atom stereocenters. The van der Waals surface area contributed by atoms with Crippen LogP contribution in [0.2, 0.25) is 0 Å². The molecule has 0 bridgehead atoms. The first-order valence-electron chi connectivity index (χ1n) is 9.84. The zero-order valence-corrected chi connectivity index (χ0v) is 18.0. The number of piperazine rings is 1. The molecule has 1 saturated heterocycles. The lowest BCUT2D eigenvalue weighted by molar-refractivity contribution is -0.122. The van der Waals surface area contributed by atoms with E-state index in [2.05, 4.69) is 5.32 Å². The third-order valence-corrected chi connectivity index (χ3v) is 7.26. The number of hydrogen-bond donors (Lipinski definition) is 1. The first kappa shape index (κ1) is 21.1. The number of hydrogen-bond acceptors (Lipinski definition) is 6. The Morgan fingerprint density at radius 2 is 1.87 bits per heavy atom. The van der Waals surface area contributed by atoms with E-state index in [1.165, 1.54) is 23.5 Å². The van der Waals surface area contributed by atoms with Gasteiger partial charge in [-0.25, -0.2) is 8.42 Å². The molecule has 9 nitrogen and oxygen atoms in total. The fourth-order valence-corrected chi connectivity index (χ4v) is 5.02. The Labute approximate surface area is 180 Å². The molecule has 1 N–H and O–H groups in total. The van der Waals surface area contributed by atoms with Gasteiger partial charge in [0.15, 0.2) is 6.10 Å². The van der Waals surface area contributed by atoms with E-state index in [4.69, 9.17) is 9.47 Å². The lowest BCUT2D eigenvalue weighted by atomic mass is 10.1. The fourth-order valence-electron chi connectivity index (χ4n) is 3.57. The summed E-state index contributed by atoms with van der Waals surface area (Å²) in [5, 5.41) is 2.66. The lowest BCUT2D eigenvalue weighted by Crippen LogP contribution is -2.50. The molecule has 4 rings (SSSR count). The number of nitrogens with one attached hydrogen (secondary N) is 1. The zero-order chi connectivity index (χ0) is 22.2. The molecule has 0 saturated carbocycles. The largest absolute Gasteiger partial charge is 0.497 e. The van der Waals surface area contributed by atoms with Crippen molar-refractivity contribution in [3.8, 4) is 11.5 Å². The summed E-state index contributed by atoms with van der Waals surface area (Å²) in [7, 11) is -2.25. The molecule has 31 heavy (non-hydrogen) atoms. The summed E-state index contributed by atoms with van der Waals surface area (Å²) in [6.45, 7) is 2.52. The van der Waals surface area contributed by atoms with Crippen molar-refractivity contribution in [2.24, 2.45) is 0 Å². The molecule has 164 valence electrons. The molecule has 10 heteroatoms. The lowest BCUT2D eigenvalue weighted by Gasteiger charge is -2.34. The molecule has 2 aromatic carbocycles. The Balaban J connectivity index is 1.46. The van der Waals surface area contributed by atoms with Crippen LogP contribution in [0.15, 0.2) is 47.4 Å². The van der Waals surface area contributed by atoms with Gasteiger partial charge in [-0.2, -0.15) is 4.31 Å². The van der Waals surface area contributed by atoms with Gasteiger partial charge >= 0.3 is 0 Å². The van der Waals surface area contributed by atoms with Crippen molar-refractivity contribution in [2.75, 3.05) is 38.6 Å². The van der Waals surface area contributed by atoms with Crippen LogP contribution in [-0.2, 0) is 14.8 Å². The molecule has 0 spiro atoms. The second-order valence-corrected chi connectivity index (χ2v) is 9.27. The maximum Gasteiger partial charge on any atom is 0.265 e. The molecular formula is C21H23N3O6S. The van der Waals surface area contributed by atoms with Gasteiger partial charge in [0.2, 0.25) is 10.0 Å². The van der Waals surface area contributed by atoms with Gasteiger partial charge in [0.25, 0.3) is 11.8 Å². The van der Waals surface area contributed by atoms with E-state index < -0.39 is 16.1 Å². The predicted octanol–water partition coefficient (Wildman–Crippen LogP) is 1.56. The van der Waals surface area contributed by atoms with Gasteiger partial charge in [0, 0.05) is 31.7 Å². The molecule has 0 aromatic heterocycles. The summed E-state index contributed by atoms with van der Waals surface area (Å²) >= 11 is 0. The first-order valence-corrected chi connectivity index (χ1v) is 11.3. The van der Waals surface area contributed by atoms with E-state index in [9.17, 15) is 18.0 Å². The van der Waals surface area contributed by atoms with Crippen LogP contribution >= 0.6 is 0 Å². The highest BCUT2D eigenvalue weighted by Gasteiger charge is 2.32. The molecule has 0 radical (unpaired) electrons. The Morgan fingerprint density at radius 3 is 2.58 bits per heavy atom. The van der Waals surface area contributed by atoms with Gasteiger partial charge in [-0.05, 0) is 43.3 Å². The summed E-state index contributed by atoms with van der Waals surface area (Å²) in [5.74, 6) is 0.523. The number of fused-ring (bicyclic) bond motifs is 1. The number of amides is 2. The van der Waals surface area contributed by atoms with Gasteiger partial charge in [0.05, 0.1) is 17.7 Å². The minimum atomic E-state index is -3.78. The third-order valence-electron chi connectivity index (χ3n) is 5.36. The van der Waals surface area contributed by atoms with Gasteiger partial charge < -0.3 is 19.7 Å². The maximum atomic E-state index is 13.1. The van der Waals surface area contributed by atoms with Crippen molar-refractivity contribution >= 4 is 27.5 Å². The molecule has 2 aliphatic rings. The number of nitrogens with zero attached hydrogens (tertiary/aromatic N) is 2. The van der Waals surface area contributed by atoms with E-state index in [1.54, 1.807) is 42.2 Å². The molecular weight excluding hydrogens is 422 g/mol. The highest BCUT2D eigenvalue weighted by molar-refractivity contribution is 7.89. The van der Waals surface area contributed by atoms with Gasteiger partial charge in [-0.1, -0.05) is 6.07 Å². The van der Waals surface area contributed by atoms with Crippen LogP contribution in [0.25, 0.3) is 0 Å². The fraction of sp³-hybridized carbons (Fsp3) is 0.333. The second kappa shape index (κ2) is 8.20. The topological polar surface area (TPSA) is 105 Å². The third kappa shape index (κ3) is 4.08.